The van der Waals surface area contributed by atoms with Gasteiger partial charge < -0.3 is 14.4 Å². The zero-order valence-corrected chi connectivity index (χ0v) is 36.4. The van der Waals surface area contributed by atoms with Crippen LogP contribution in [0.15, 0.2) is 127 Å². The van der Waals surface area contributed by atoms with E-state index in [-0.39, 0.29) is 18.9 Å². The van der Waals surface area contributed by atoms with Crippen LogP contribution in [0.2, 0.25) is 5.02 Å². The molecule has 314 valence electrons. The molecule has 1 saturated carbocycles. The van der Waals surface area contributed by atoms with Crippen molar-refractivity contribution in [1.82, 2.24) is 4.90 Å². The van der Waals surface area contributed by atoms with Crippen LogP contribution >= 0.6 is 11.6 Å². The van der Waals surface area contributed by atoms with Crippen LogP contribution in [-0.4, -0.2) is 36.7 Å². The molecule has 5 nitrogen and oxygen atoms in total. The van der Waals surface area contributed by atoms with Gasteiger partial charge in [0.2, 0.25) is 0 Å². The van der Waals surface area contributed by atoms with Gasteiger partial charge in [0.1, 0.15) is 6.61 Å². The SMILES string of the molecule is C[C@H](CC(=O)OC(c1ccccc1)(c1ccc(C2CCCCCCCCCCCCCC2)cc1)c1ccccc1Cl)N(C)C(=O)OCC1c2ccccc2-c2ccccc21. The number of fused-ring (bicyclic) bond motifs is 3. The summed E-state index contributed by atoms with van der Waals surface area (Å²) in [4.78, 5) is 29.5. The number of rotatable bonds is 10. The van der Waals surface area contributed by atoms with Gasteiger partial charge in [-0.25, -0.2) is 4.79 Å². The lowest BCUT2D eigenvalue weighted by Crippen LogP contribution is -2.40. The average molecular weight is 825 g/mol. The lowest BCUT2D eigenvalue weighted by atomic mass is 9.78. The van der Waals surface area contributed by atoms with Gasteiger partial charge in [0.05, 0.1) is 6.42 Å². The fourth-order valence-electron chi connectivity index (χ4n) is 9.55. The van der Waals surface area contributed by atoms with Gasteiger partial charge in [0, 0.05) is 40.7 Å². The van der Waals surface area contributed by atoms with Crippen molar-refractivity contribution in [2.24, 2.45) is 0 Å². The van der Waals surface area contributed by atoms with E-state index in [4.69, 9.17) is 21.1 Å². The second kappa shape index (κ2) is 21.1. The largest absolute Gasteiger partial charge is 0.448 e. The first-order valence-corrected chi connectivity index (χ1v) is 22.9. The zero-order chi connectivity index (χ0) is 41.7. The molecule has 1 amide bonds. The highest BCUT2D eigenvalue weighted by Crippen LogP contribution is 2.46. The van der Waals surface area contributed by atoms with Crippen molar-refractivity contribution < 1.29 is 19.1 Å². The molecule has 0 aliphatic heterocycles. The van der Waals surface area contributed by atoms with Crippen molar-refractivity contribution in [2.75, 3.05) is 13.7 Å². The molecule has 0 N–H and O–H groups in total. The summed E-state index contributed by atoms with van der Waals surface area (Å²) in [7, 11) is 1.68. The number of ether oxygens (including phenoxy) is 2. The number of halogens is 1. The summed E-state index contributed by atoms with van der Waals surface area (Å²) in [6.07, 6.45) is 17.8. The number of amides is 1. The third kappa shape index (κ3) is 10.2. The Morgan fingerprint density at radius 3 is 1.68 bits per heavy atom. The zero-order valence-electron chi connectivity index (χ0n) is 35.6. The van der Waals surface area contributed by atoms with E-state index in [2.05, 4.69) is 48.5 Å². The molecule has 1 fully saturated rings. The van der Waals surface area contributed by atoms with Crippen LogP contribution in [0.1, 0.15) is 148 Å². The molecule has 0 aromatic heterocycles. The first kappa shape index (κ1) is 43.2. The number of hydrogen-bond acceptors (Lipinski definition) is 4. The summed E-state index contributed by atoms with van der Waals surface area (Å²) in [6, 6.07) is 42.4. The van der Waals surface area contributed by atoms with Crippen LogP contribution in [-0.2, 0) is 19.9 Å². The molecule has 6 heteroatoms. The second-order valence-electron chi connectivity index (χ2n) is 17.1. The van der Waals surface area contributed by atoms with Crippen LogP contribution in [0.3, 0.4) is 0 Å². The standard InChI is InChI=1S/C54H62ClNO4/c1-40(56(2)53(58)59-39-49-47-30-20-18-28-45(47)46-29-19-21-31-48(46)49)38-52(57)60-54(43-26-16-13-17-27-43,50-32-22-23-33-51(50)55)44-36-34-42(35-37-44)41-24-14-11-9-7-5-3-4-6-8-10-12-15-25-41/h13,16-23,26-37,40-41,49H,3-12,14-15,24-25,38-39H2,1-2H3/t40-,54?/m1/s1. The molecule has 0 radical (unpaired) electrons. The van der Waals surface area contributed by atoms with E-state index >= 15 is 0 Å². The summed E-state index contributed by atoms with van der Waals surface area (Å²) in [5.74, 6) is -0.0134. The number of esters is 1. The molecule has 2 aliphatic rings. The van der Waals surface area contributed by atoms with Gasteiger partial charge in [0.15, 0.2) is 5.60 Å². The van der Waals surface area contributed by atoms with Crippen molar-refractivity contribution in [3.63, 3.8) is 0 Å². The molecular formula is C54H62ClNO4. The minimum atomic E-state index is -1.33. The smallest absolute Gasteiger partial charge is 0.409 e. The molecule has 5 aromatic carbocycles. The van der Waals surface area contributed by atoms with E-state index in [0.717, 1.165) is 22.3 Å². The molecular weight excluding hydrogens is 762 g/mol. The molecule has 60 heavy (non-hydrogen) atoms. The molecule has 2 aliphatic carbocycles. The van der Waals surface area contributed by atoms with Gasteiger partial charge in [-0.3, -0.25) is 4.79 Å². The molecule has 7 rings (SSSR count). The quantitative estimate of drug-likeness (QED) is 0.104. The fourth-order valence-corrected chi connectivity index (χ4v) is 9.82. The van der Waals surface area contributed by atoms with E-state index in [9.17, 15) is 9.59 Å². The van der Waals surface area contributed by atoms with Gasteiger partial charge in [-0.1, -0.05) is 210 Å². The Balaban J connectivity index is 1.10. The third-order valence-electron chi connectivity index (χ3n) is 13.1. The minimum Gasteiger partial charge on any atom is -0.448 e. The Kier molecular flexibility index (Phi) is 15.2. The predicted molar refractivity (Wildman–Crippen MR) is 245 cm³/mol. The van der Waals surface area contributed by atoms with Crippen molar-refractivity contribution in [1.29, 1.82) is 0 Å². The van der Waals surface area contributed by atoms with E-state index in [1.54, 1.807) is 7.05 Å². The highest BCUT2D eigenvalue weighted by molar-refractivity contribution is 6.31. The molecule has 2 atom stereocenters. The van der Waals surface area contributed by atoms with Crippen molar-refractivity contribution in [3.8, 4) is 11.1 Å². The molecule has 0 spiro atoms. The number of carbonyl (C=O) groups excluding carboxylic acids is 2. The lowest BCUT2D eigenvalue weighted by Gasteiger charge is -2.36. The van der Waals surface area contributed by atoms with Crippen LogP contribution in [0.25, 0.3) is 11.1 Å². The summed E-state index contributed by atoms with van der Waals surface area (Å²) in [5, 5.41) is 0.504. The maximum Gasteiger partial charge on any atom is 0.409 e. The highest BCUT2D eigenvalue weighted by Gasteiger charge is 2.43. The summed E-state index contributed by atoms with van der Waals surface area (Å²) < 4.78 is 12.8. The number of hydrogen-bond donors (Lipinski definition) is 0. The minimum absolute atomic E-state index is 0.0418. The Morgan fingerprint density at radius 2 is 1.12 bits per heavy atom. The molecule has 1 unspecified atom stereocenters. The van der Waals surface area contributed by atoms with Crippen molar-refractivity contribution in [2.45, 2.75) is 127 Å². The highest BCUT2D eigenvalue weighted by atomic mass is 35.5. The second-order valence-corrected chi connectivity index (χ2v) is 17.5. The normalized spacial score (nSPS) is 17.2. The first-order chi connectivity index (χ1) is 29.4. The van der Waals surface area contributed by atoms with Crippen LogP contribution in [0.4, 0.5) is 4.79 Å². The Hall–Kier alpha value is -4.87. The Labute approximate surface area is 363 Å². The van der Waals surface area contributed by atoms with Gasteiger partial charge in [-0.15, -0.1) is 0 Å². The van der Waals surface area contributed by atoms with E-state index in [1.807, 2.05) is 85.8 Å². The number of benzene rings is 5. The molecule has 0 heterocycles. The Bertz CT molecular complexity index is 2090. The van der Waals surface area contributed by atoms with Gasteiger partial charge in [0.25, 0.3) is 0 Å². The maximum atomic E-state index is 14.4. The van der Waals surface area contributed by atoms with Gasteiger partial charge in [-0.2, -0.15) is 0 Å². The van der Waals surface area contributed by atoms with Crippen LogP contribution in [0.5, 0.6) is 0 Å². The topological polar surface area (TPSA) is 55.8 Å². The van der Waals surface area contributed by atoms with Crippen molar-refractivity contribution >= 4 is 23.7 Å². The monoisotopic (exact) mass is 823 g/mol. The van der Waals surface area contributed by atoms with Crippen LogP contribution < -0.4 is 0 Å². The maximum absolute atomic E-state index is 14.4. The molecule has 0 bridgehead atoms. The first-order valence-electron chi connectivity index (χ1n) is 22.6. The summed E-state index contributed by atoms with van der Waals surface area (Å²) in [6.45, 7) is 2.06. The fraction of sp³-hybridized carbons (Fsp3) is 0.407. The van der Waals surface area contributed by atoms with Crippen molar-refractivity contribution in [3.05, 3.63) is 166 Å². The molecule has 5 aromatic rings. The average Bonchev–Trinajstić information content (AvgIpc) is 3.59. The number of nitrogens with zero attached hydrogens (tertiary/aromatic N) is 1. The van der Waals surface area contributed by atoms with Gasteiger partial charge >= 0.3 is 12.1 Å². The lowest BCUT2D eigenvalue weighted by molar-refractivity contribution is -0.154. The summed E-state index contributed by atoms with van der Waals surface area (Å²) >= 11 is 7.05. The van der Waals surface area contributed by atoms with Crippen LogP contribution in [0, 0.1) is 0 Å². The summed E-state index contributed by atoms with van der Waals surface area (Å²) in [5.41, 5.74) is 6.96. The van der Waals surface area contributed by atoms with E-state index < -0.39 is 23.7 Å². The predicted octanol–water partition coefficient (Wildman–Crippen LogP) is 14.4. The van der Waals surface area contributed by atoms with Gasteiger partial charge in [-0.05, 0) is 59.6 Å². The molecule has 0 saturated heterocycles. The van der Waals surface area contributed by atoms with E-state index in [1.165, 1.54) is 111 Å². The third-order valence-corrected chi connectivity index (χ3v) is 13.4. The number of carbonyl (C=O) groups is 2. The Morgan fingerprint density at radius 1 is 0.633 bits per heavy atom. The van der Waals surface area contributed by atoms with E-state index in [0.29, 0.717) is 16.5 Å².